The van der Waals surface area contributed by atoms with Crippen molar-refractivity contribution in [3.63, 3.8) is 0 Å². The Hall–Kier alpha value is -0.210. The van der Waals surface area contributed by atoms with E-state index in [2.05, 4.69) is 35.8 Å². The second-order valence-electron chi connectivity index (χ2n) is 5.32. The molecule has 17 heavy (non-hydrogen) atoms. The Bertz CT molecular complexity index is 417. The fourth-order valence-electron chi connectivity index (χ4n) is 2.25. The maximum absolute atomic E-state index is 6.60. The number of benzene rings is 1. The molecule has 1 aliphatic rings. The van der Waals surface area contributed by atoms with Crippen LogP contribution in [0.4, 0.5) is 0 Å². The molecule has 94 valence electrons. The summed E-state index contributed by atoms with van der Waals surface area (Å²) >= 11 is 10.1. The molecule has 1 aromatic carbocycles. The number of rotatable bonds is 4. The monoisotopic (exact) mass is 316 g/mol. The number of hydrogen-bond acceptors (Lipinski definition) is 1. The molecule has 1 saturated carbocycles. The Balaban J connectivity index is 2.26. The topological polar surface area (TPSA) is 9.23 Å². The molecule has 0 heterocycles. The van der Waals surface area contributed by atoms with Gasteiger partial charge in [-0.3, -0.25) is 0 Å². The van der Waals surface area contributed by atoms with Crippen LogP contribution in [0, 0.1) is 11.3 Å². The average Bonchev–Trinajstić information content (AvgIpc) is 2.90. The number of hydrogen-bond donors (Lipinski definition) is 0. The van der Waals surface area contributed by atoms with Gasteiger partial charge in [0.05, 0.1) is 12.0 Å². The highest BCUT2D eigenvalue weighted by Gasteiger charge is 2.50. The van der Waals surface area contributed by atoms with Gasteiger partial charge in [-0.25, -0.2) is 0 Å². The molecule has 2 rings (SSSR count). The molecular weight excluding hydrogens is 300 g/mol. The van der Waals surface area contributed by atoms with Gasteiger partial charge in [-0.1, -0.05) is 29.8 Å². The molecule has 0 aliphatic heterocycles. The zero-order chi connectivity index (χ0) is 12.6. The van der Waals surface area contributed by atoms with Gasteiger partial charge in [-0.15, -0.1) is 11.6 Å². The first-order chi connectivity index (χ1) is 7.95. The van der Waals surface area contributed by atoms with Crippen LogP contribution in [0.15, 0.2) is 22.7 Å². The number of ether oxygens (including phenoxy) is 1. The molecule has 1 nitrogen and oxygen atoms in total. The summed E-state index contributed by atoms with van der Waals surface area (Å²) in [5.74, 6) is 1.47. The third kappa shape index (κ3) is 2.79. The minimum atomic E-state index is 0.0454. The van der Waals surface area contributed by atoms with E-state index in [9.17, 15) is 0 Å². The fourth-order valence-corrected chi connectivity index (χ4v) is 3.23. The summed E-state index contributed by atoms with van der Waals surface area (Å²) in [6.45, 7) is 7.21. The fraction of sp³-hybridized carbons (Fsp3) is 0.571. The quantitative estimate of drug-likeness (QED) is 0.696. The zero-order valence-corrected chi connectivity index (χ0v) is 12.8. The van der Waals surface area contributed by atoms with Crippen LogP contribution in [0.2, 0.25) is 0 Å². The van der Waals surface area contributed by atoms with Crippen molar-refractivity contribution in [2.24, 2.45) is 11.3 Å². The Morgan fingerprint density at radius 2 is 2.18 bits per heavy atom. The average molecular weight is 318 g/mol. The van der Waals surface area contributed by atoms with E-state index in [0.29, 0.717) is 17.9 Å². The molecule has 3 heteroatoms. The summed E-state index contributed by atoms with van der Waals surface area (Å²) in [6, 6.07) is 6.07. The highest BCUT2D eigenvalue weighted by Crippen LogP contribution is 2.60. The predicted molar refractivity (Wildman–Crippen MR) is 75.8 cm³/mol. The highest BCUT2D eigenvalue weighted by atomic mass is 79.9. The smallest absolute Gasteiger partial charge is 0.124 e. The van der Waals surface area contributed by atoms with Gasteiger partial charge in [-0.2, -0.15) is 0 Å². The van der Waals surface area contributed by atoms with Crippen molar-refractivity contribution in [2.75, 3.05) is 6.61 Å². The maximum atomic E-state index is 6.60. The van der Waals surface area contributed by atoms with Gasteiger partial charge in [0.15, 0.2) is 0 Å². The van der Waals surface area contributed by atoms with Crippen LogP contribution < -0.4 is 4.74 Å². The van der Waals surface area contributed by atoms with Gasteiger partial charge in [-0.05, 0) is 42.9 Å². The van der Waals surface area contributed by atoms with Crippen molar-refractivity contribution in [1.29, 1.82) is 0 Å². The molecule has 0 aromatic heterocycles. The van der Waals surface area contributed by atoms with Gasteiger partial charge in [0.25, 0.3) is 0 Å². The van der Waals surface area contributed by atoms with E-state index in [1.807, 2.05) is 19.1 Å². The summed E-state index contributed by atoms with van der Waals surface area (Å²) in [7, 11) is 0. The Labute approximate surface area is 117 Å². The SMILES string of the molecule is CCOc1ccc(Br)cc1C(Cl)C1CC1(C)C. The molecule has 0 spiro atoms. The Morgan fingerprint density at radius 3 is 2.71 bits per heavy atom. The lowest BCUT2D eigenvalue weighted by Gasteiger charge is -2.16. The van der Waals surface area contributed by atoms with E-state index in [1.54, 1.807) is 0 Å². The van der Waals surface area contributed by atoms with Crippen LogP contribution in [0.3, 0.4) is 0 Å². The minimum absolute atomic E-state index is 0.0454. The van der Waals surface area contributed by atoms with Crippen LogP contribution >= 0.6 is 27.5 Å². The normalized spacial score (nSPS) is 23.2. The van der Waals surface area contributed by atoms with E-state index >= 15 is 0 Å². The molecule has 0 amide bonds. The summed E-state index contributed by atoms with van der Waals surface area (Å²) < 4.78 is 6.71. The van der Waals surface area contributed by atoms with Crippen LogP contribution in [0.1, 0.15) is 38.1 Å². The number of alkyl halides is 1. The van der Waals surface area contributed by atoms with E-state index < -0.39 is 0 Å². The van der Waals surface area contributed by atoms with E-state index in [-0.39, 0.29) is 5.38 Å². The Kier molecular flexibility index (Phi) is 3.74. The Morgan fingerprint density at radius 1 is 1.53 bits per heavy atom. The van der Waals surface area contributed by atoms with Crippen LogP contribution in [-0.2, 0) is 0 Å². The molecule has 2 unspecified atom stereocenters. The lowest BCUT2D eigenvalue weighted by molar-refractivity contribution is 0.334. The van der Waals surface area contributed by atoms with Crippen molar-refractivity contribution in [2.45, 2.75) is 32.6 Å². The van der Waals surface area contributed by atoms with Crippen LogP contribution in [-0.4, -0.2) is 6.61 Å². The van der Waals surface area contributed by atoms with Gasteiger partial charge >= 0.3 is 0 Å². The molecule has 1 fully saturated rings. The molecule has 0 N–H and O–H groups in total. The van der Waals surface area contributed by atoms with E-state index in [0.717, 1.165) is 15.8 Å². The maximum Gasteiger partial charge on any atom is 0.124 e. The third-order valence-corrected chi connectivity index (χ3v) is 4.54. The van der Waals surface area contributed by atoms with Gasteiger partial charge in [0.1, 0.15) is 5.75 Å². The standard InChI is InChI=1S/C14H18BrClO/c1-4-17-12-6-5-9(15)7-10(12)13(16)11-8-14(11,2)3/h5-7,11,13H,4,8H2,1-3H3. The van der Waals surface area contributed by atoms with Gasteiger partial charge in [0.2, 0.25) is 0 Å². The molecule has 0 saturated heterocycles. The summed E-state index contributed by atoms with van der Waals surface area (Å²) in [5, 5.41) is 0.0454. The van der Waals surface area contributed by atoms with Crippen molar-refractivity contribution in [3.05, 3.63) is 28.2 Å². The second-order valence-corrected chi connectivity index (χ2v) is 6.70. The minimum Gasteiger partial charge on any atom is -0.494 e. The lowest BCUT2D eigenvalue weighted by Crippen LogP contribution is -2.03. The third-order valence-electron chi connectivity index (χ3n) is 3.51. The first-order valence-electron chi connectivity index (χ1n) is 6.02. The van der Waals surface area contributed by atoms with Gasteiger partial charge in [0, 0.05) is 10.0 Å². The van der Waals surface area contributed by atoms with Crippen molar-refractivity contribution in [1.82, 2.24) is 0 Å². The van der Waals surface area contributed by atoms with Crippen LogP contribution in [0.25, 0.3) is 0 Å². The zero-order valence-electron chi connectivity index (χ0n) is 10.5. The second kappa shape index (κ2) is 4.81. The van der Waals surface area contributed by atoms with Crippen molar-refractivity contribution in [3.8, 4) is 5.75 Å². The summed E-state index contributed by atoms with van der Waals surface area (Å²) in [6.07, 6.45) is 1.19. The molecule has 1 aromatic rings. The van der Waals surface area contributed by atoms with E-state index in [1.165, 1.54) is 6.42 Å². The first kappa shape index (κ1) is 13.2. The molecular formula is C14H18BrClO. The van der Waals surface area contributed by atoms with Crippen molar-refractivity contribution >= 4 is 27.5 Å². The molecule has 1 aliphatic carbocycles. The molecule has 2 atom stereocenters. The highest BCUT2D eigenvalue weighted by molar-refractivity contribution is 9.10. The molecule has 0 radical (unpaired) electrons. The van der Waals surface area contributed by atoms with E-state index in [4.69, 9.17) is 16.3 Å². The first-order valence-corrected chi connectivity index (χ1v) is 7.25. The predicted octanol–water partition coefficient (Wildman–Crippen LogP) is 5.17. The largest absolute Gasteiger partial charge is 0.494 e. The summed E-state index contributed by atoms with van der Waals surface area (Å²) in [5.41, 5.74) is 1.48. The summed E-state index contributed by atoms with van der Waals surface area (Å²) in [4.78, 5) is 0. The van der Waals surface area contributed by atoms with Crippen molar-refractivity contribution < 1.29 is 4.74 Å². The molecule has 0 bridgehead atoms. The van der Waals surface area contributed by atoms with Crippen LogP contribution in [0.5, 0.6) is 5.75 Å². The van der Waals surface area contributed by atoms with Gasteiger partial charge < -0.3 is 4.74 Å². The lowest BCUT2D eigenvalue weighted by atomic mass is 10.0. The number of halogens is 2.